The van der Waals surface area contributed by atoms with Gasteiger partial charge in [0.25, 0.3) is 0 Å². The van der Waals surface area contributed by atoms with Crippen LogP contribution in [0.2, 0.25) is 0 Å². The zero-order valence-electron chi connectivity index (χ0n) is 12.4. The van der Waals surface area contributed by atoms with Gasteiger partial charge in [-0.05, 0) is 37.7 Å². The van der Waals surface area contributed by atoms with Gasteiger partial charge in [-0.25, -0.2) is 0 Å². The minimum absolute atomic E-state index is 0.518. The van der Waals surface area contributed by atoms with E-state index in [9.17, 15) is 0 Å². The van der Waals surface area contributed by atoms with Crippen molar-refractivity contribution in [1.29, 1.82) is 0 Å². The number of aromatic amines is 1. The van der Waals surface area contributed by atoms with E-state index in [0.717, 1.165) is 13.1 Å². The third-order valence-corrected chi connectivity index (χ3v) is 3.61. The van der Waals surface area contributed by atoms with Gasteiger partial charge in [-0.15, -0.1) is 0 Å². The topological polar surface area (TPSA) is 31.1 Å². The lowest BCUT2D eigenvalue weighted by Gasteiger charge is -2.26. The minimum Gasteiger partial charge on any atom is -0.361 e. The van der Waals surface area contributed by atoms with Crippen LogP contribution in [0.4, 0.5) is 0 Å². The second-order valence-electron chi connectivity index (χ2n) is 5.85. The fraction of sp³-hybridized carbons (Fsp3) is 0.500. The summed E-state index contributed by atoms with van der Waals surface area (Å²) in [5, 5.41) is 5.01. The standard InChI is InChI=1S/C16H25N3/c1-12(2)16(11-19(3)4)18-10-13-6-5-7-15-14(13)8-9-17-15/h5-9,12,16-18H,10-11H2,1-4H3. The minimum atomic E-state index is 0.518. The highest BCUT2D eigenvalue weighted by atomic mass is 15.1. The van der Waals surface area contributed by atoms with Gasteiger partial charge in [-0.3, -0.25) is 0 Å². The predicted octanol–water partition coefficient (Wildman–Crippen LogP) is 2.84. The van der Waals surface area contributed by atoms with Crippen molar-refractivity contribution >= 4 is 10.9 Å². The summed E-state index contributed by atoms with van der Waals surface area (Å²) in [6.45, 7) is 6.54. The number of rotatable bonds is 6. The van der Waals surface area contributed by atoms with Gasteiger partial charge in [0, 0.05) is 36.2 Å². The molecule has 2 aromatic rings. The Labute approximate surface area is 116 Å². The summed E-state index contributed by atoms with van der Waals surface area (Å²) in [6.07, 6.45) is 2.01. The van der Waals surface area contributed by atoms with Crippen molar-refractivity contribution in [2.45, 2.75) is 26.4 Å². The summed E-state index contributed by atoms with van der Waals surface area (Å²) < 4.78 is 0. The number of H-pyrrole nitrogens is 1. The molecule has 2 N–H and O–H groups in total. The van der Waals surface area contributed by atoms with E-state index in [2.05, 4.69) is 67.4 Å². The third kappa shape index (κ3) is 3.58. The summed E-state index contributed by atoms with van der Waals surface area (Å²) in [7, 11) is 4.26. The Kier molecular flexibility index (Phi) is 4.61. The smallest absolute Gasteiger partial charge is 0.0457 e. The van der Waals surface area contributed by atoms with E-state index >= 15 is 0 Å². The normalized spacial score (nSPS) is 13.6. The van der Waals surface area contributed by atoms with E-state index in [4.69, 9.17) is 0 Å². The summed E-state index contributed by atoms with van der Waals surface area (Å²) in [6, 6.07) is 9.12. The number of likely N-dealkylation sites (N-methyl/N-ethyl adjacent to an activating group) is 1. The lowest BCUT2D eigenvalue weighted by molar-refractivity contribution is 0.288. The Balaban J connectivity index is 2.06. The fourth-order valence-corrected chi connectivity index (χ4v) is 2.45. The average Bonchev–Trinajstić information content (AvgIpc) is 2.82. The molecule has 0 saturated heterocycles. The Morgan fingerprint density at radius 2 is 2.00 bits per heavy atom. The van der Waals surface area contributed by atoms with Gasteiger partial charge in [0.2, 0.25) is 0 Å². The highest BCUT2D eigenvalue weighted by Crippen LogP contribution is 2.17. The van der Waals surface area contributed by atoms with E-state index in [-0.39, 0.29) is 0 Å². The quantitative estimate of drug-likeness (QED) is 0.836. The first-order chi connectivity index (χ1) is 9.08. The number of benzene rings is 1. The number of hydrogen-bond donors (Lipinski definition) is 2. The molecule has 1 atom stereocenters. The van der Waals surface area contributed by atoms with Crippen LogP contribution in [0.1, 0.15) is 19.4 Å². The maximum Gasteiger partial charge on any atom is 0.0457 e. The molecule has 0 amide bonds. The first kappa shape index (κ1) is 14.1. The molecule has 0 bridgehead atoms. The van der Waals surface area contributed by atoms with Crippen LogP contribution >= 0.6 is 0 Å². The zero-order chi connectivity index (χ0) is 13.8. The van der Waals surface area contributed by atoms with Crippen molar-refractivity contribution in [3.8, 4) is 0 Å². The fourth-order valence-electron chi connectivity index (χ4n) is 2.45. The summed E-state index contributed by atoms with van der Waals surface area (Å²) >= 11 is 0. The second kappa shape index (κ2) is 6.22. The monoisotopic (exact) mass is 259 g/mol. The van der Waals surface area contributed by atoms with Crippen molar-refractivity contribution in [3.63, 3.8) is 0 Å². The molecule has 2 rings (SSSR count). The van der Waals surface area contributed by atoms with Gasteiger partial charge in [0.05, 0.1) is 0 Å². The van der Waals surface area contributed by atoms with Crippen LogP contribution in [0.3, 0.4) is 0 Å². The number of hydrogen-bond acceptors (Lipinski definition) is 2. The third-order valence-electron chi connectivity index (χ3n) is 3.61. The molecule has 0 aliphatic heterocycles. The van der Waals surface area contributed by atoms with Crippen molar-refractivity contribution < 1.29 is 0 Å². The Bertz CT molecular complexity index is 513. The molecule has 0 spiro atoms. The Morgan fingerprint density at radius 3 is 2.68 bits per heavy atom. The molecule has 1 heterocycles. The predicted molar refractivity (Wildman–Crippen MR) is 82.3 cm³/mol. The maximum atomic E-state index is 3.69. The Morgan fingerprint density at radius 1 is 1.21 bits per heavy atom. The van der Waals surface area contributed by atoms with Crippen LogP contribution in [0.25, 0.3) is 10.9 Å². The highest BCUT2D eigenvalue weighted by molar-refractivity contribution is 5.82. The molecule has 0 saturated carbocycles. The van der Waals surface area contributed by atoms with Crippen LogP contribution in [0.15, 0.2) is 30.5 Å². The van der Waals surface area contributed by atoms with Crippen LogP contribution in [-0.4, -0.2) is 36.6 Å². The van der Waals surface area contributed by atoms with Gasteiger partial charge in [0.15, 0.2) is 0 Å². The molecule has 0 fully saturated rings. The van der Waals surface area contributed by atoms with E-state index in [1.807, 2.05) is 6.20 Å². The van der Waals surface area contributed by atoms with Crippen LogP contribution in [0.5, 0.6) is 0 Å². The van der Waals surface area contributed by atoms with Crippen molar-refractivity contribution in [1.82, 2.24) is 15.2 Å². The molecule has 3 nitrogen and oxygen atoms in total. The molecular formula is C16H25N3. The number of nitrogens with zero attached hydrogens (tertiary/aromatic N) is 1. The van der Waals surface area contributed by atoms with Crippen molar-refractivity contribution in [3.05, 3.63) is 36.0 Å². The second-order valence-corrected chi connectivity index (χ2v) is 5.85. The number of aromatic nitrogens is 1. The van der Waals surface area contributed by atoms with Crippen LogP contribution < -0.4 is 5.32 Å². The first-order valence-corrected chi connectivity index (χ1v) is 7.01. The average molecular weight is 259 g/mol. The lowest BCUT2D eigenvalue weighted by Crippen LogP contribution is -2.41. The molecule has 1 aromatic carbocycles. The van der Waals surface area contributed by atoms with E-state index < -0.39 is 0 Å². The molecule has 3 heteroatoms. The SMILES string of the molecule is CC(C)C(CN(C)C)NCc1cccc2[nH]ccc12. The van der Waals surface area contributed by atoms with Crippen LogP contribution in [-0.2, 0) is 6.54 Å². The zero-order valence-corrected chi connectivity index (χ0v) is 12.4. The summed E-state index contributed by atoms with van der Waals surface area (Å²) in [4.78, 5) is 5.51. The molecule has 0 radical (unpaired) electrons. The highest BCUT2D eigenvalue weighted by Gasteiger charge is 2.14. The van der Waals surface area contributed by atoms with Gasteiger partial charge in [0.1, 0.15) is 0 Å². The number of fused-ring (bicyclic) bond motifs is 1. The number of nitrogens with one attached hydrogen (secondary N) is 2. The van der Waals surface area contributed by atoms with Crippen LogP contribution in [0, 0.1) is 5.92 Å². The van der Waals surface area contributed by atoms with Gasteiger partial charge in [-0.1, -0.05) is 26.0 Å². The van der Waals surface area contributed by atoms with E-state index in [1.165, 1.54) is 16.5 Å². The summed E-state index contributed by atoms with van der Waals surface area (Å²) in [5.74, 6) is 0.632. The van der Waals surface area contributed by atoms with Gasteiger partial charge in [-0.2, -0.15) is 0 Å². The largest absolute Gasteiger partial charge is 0.361 e. The molecule has 19 heavy (non-hydrogen) atoms. The van der Waals surface area contributed by atoms with Gasteiger partial charge >= 0.3 is 0 Å². The molecule has 104 valence electrons. The van der Waals surface area contributed by atoms with Gasteiger partial charge < -0.3 is 15.2 Å². The van der Waals surface area contributed by atoms with E-state index in [0.29, 0.717) is 12.0 Å². The molecule has 0 aliphatic carbocycles. The maximum absolute atomic E-state index is 3.69. The molecule has 0 aliphatic rings. The van der Waals surface area contributed by atoms with Crippen molar-refractivity contribution in [2.75, 3.05) is 20.6 Å². The lowest BCUT2D eigenvalue weighted by atomic mass is 10.0. The molecule has 1 aromatic heterocycles. The molecule has 1 unspecified atom stereocenters. The summed E-state index contributed by atoms with van der Waals surface area (Å²) in [5.41, 5.74) is 2.58. The van der Waals surface area contributed by atoms with Crippen molar-refractivity contribution in [2.24, 2.45) is 5.92 Å². The van der Waals surface area contributed by atoms with E-state index in [1.54, 1.807) is 0 Å². The Hall–Kier alpha value is -1.32. The first-order valence-electron chi connectivity index (χ1n) is 7.01. The molecular weight excluding hydrogens is 234 g/mol.